The molecule has 1 heterocycles. The zero-order valence-corrected chi connectivity index (χ0v) is 5.04. The number of hydrogen-bond acceptors (Lipinski definition) is 2. The van der Waals surface area contributed by atoms with Gasteiger partial charge in [-0.1, -0.05) is 12.2 Å². The van der Waals surface area contributed by atoms with Crippen LogP contribution in [0.2, 0.25) is 0 Å². The number of allylic oxidation sites excluding steroid dienone is 4. The molecule has 48 valence electrons. The van der Waals surface area contributed by atoms with Gasteiger partial charge in [0, 0.05) is 11.9 Å². The molecule has 1 rings (SSSR count). The highest BCUT2D eigenvalue weighted by molar-refractivity contribution is 5.20. The Morgan fingerprint density at radius 3 is 3.00 bits per heavy atom. The van der Waals surface area contributed by atoms with E-state index >= 15 is 0 Å². The number of nitrogens with one attached hydrogen (secondary N) is 1. The van der Waals surface area contributed by atoms with Gasteiger partial charge in [-0.15, -0.1) is 0 Å². The first-order valence-corrected chi connectivity index (χ1v) is 2.83. The zero-order chi connectivity index (χ0) is 6.53. The summed E-state index contributed by atoms with van der Waals surface area (Å²) in [5, 5.41) is 11.5. The summed E-state index contributed by atoms with van der Waals surface area (Å²) in [4.78, 5) is 0. The molecular formula is C7H9NO. The lowest BCUT2D eigenvalue weighted by molar-refractivity contribution is 0.325. The Morgan fingerprint density at radius 1 is 1.33 bits per heavy atom. The first kappa shape index (κ1) is 6.11. The molecule has 0 saturated carbocycles. The molecule has 1 aliphatic rings. The van der Waals surface area contributed by atoms with Gasteiger partial charge in [-0.2, -0.15) is 0 Å². The number of aliphatic hydroxyl groups is 1. The summed E-state index contributed by atoms with van der Waals surface area (Å²) in [6.45, 7) is 0.0642. The molecule has 0 amide bonds. The molecule has 2 nitrogen and oxygen atoms in total. The Morgan fingerprint density at radius 2 is 2.22 bits per heavy atom. The lowest BCUT2D eigenvalue weighted by atomic mass is 10.4. The minimum Gasteiger partial charge on any atom is -0.390 e. The summed E-state index contributed by atoms with van der Waals surface area (Å²) in [6, 6.07) is 0. The Bertz CT molecular complexity index is 168. The van der Waals surface area contributed by atoms with Crippen LogP contribution in [0.15, 0.2) is 36.2 Å². The summed E-state index contributed by atoms with van der Waals surface area (Å²) in [7, 11) is 0. The van der Waals surface area contributed by atoms with Crippen molar-refractivity contribution in [1.29, 1.82) is 0 Å². The summed E-state index contributed by atoms with van der Waals surface area (Å²) in [5.41, 5.74) is 0.819. The van der Waals surface area contributed by atoms with E-state index in [0.29, 0.717) is 0 Å². The molecule has 2 heteroatoms. The number of rotatable bonds is 1. The van der Waals surface area contributed by atoms with Crippen LogP contribution in [0.1, 0.15) is 0 Å². The van der Waals surface area contributed by atoms with Crippen LogP contribution in [0, 0.1) is 0 Å². The van der Waals surface area contributed by atoms with Gasteiger partial charge in [0.25, 0.3) is 0 Å². The Hall–Kier alpha value is -1.02. The van der Waals surface area contributed by atoms with Gasteiger partial charge in [-0.3, -0.25) is 0 Å². The van der Waals surface area contributed by atoms with Crippen molar-refractivity contribution in [2.75, 3.05) is 6.61 Å². The largest absolute Gasteiger partial charge is 0.390 e. The molecule has 0 spiro atoms. The zero-order valence-electron chi connectivity index (χ0n) is 5.04. The van der Waals surface area contributed by atoms with E-state index in [2.05, 4.69) is 5.32 Å². The van der Waals surface area contributed by atoms with Crippen molar-refractivity contribution in [3.05, 3.63) is 36.2 Å². The van der Waals surface area contributed by atoms with E-state index in [0.717, 1.165) is 5.70 Å². The van der Waals surface area contributed by atoms with Crippen LogP contribution in [0.5, 0.6) is 0 Å². The predicted octanol–water partition coefficient (Wildman–Crippen LogP) is 0.536. The molecule has 0 aliphatic carbocycles. The van der Waals surface area contributed by atoms with E-state index in [1.165, 1.54) is 0 Å². The average molecular weight is 123 g/mol. The van der Waals surface area contributed by atoms with Gasteiger partial charge in [-0.25, -0.2) is 0 Å². The molecular weight excluding hydrogens is 114 g/mol. The lowest BCUT2D eigenvalue weighted by Gasteiger charge is -1.98. The summed E-state index contributed by atoms with van der Waals surface area (Å²) in [6.07, 6.45) is 9.27. The minimum absolute atomic E-state index is 0.0642. The fourth-order valence-electron chi connectivity index (χ4n) is 0.593. The van der Waals surface area contributed by atoms with Crippen molar-refractivity contribution in [1.82, 2.24) is 5.32 Å². The number of hydrogen-bond donors (Lipinski definition) is 2. The standard InChI is InChI=1S/C7H9NO/c9-6-7-4-2-1-3-5-8-7/h1-5,8-9H,6H2. The summed E-state index contributed by atoms with van der Waals surface area (Å²) in [5.74, 6) is 0. The topological polar surface area (TPSA) is 32.3 Å². The average Bonchev–Trinajstić information content (AvgIpc) is 2.13. The van der Waals surface area contributed by atoms with Crippen LogP contribution in [-0.2, 0) is 0 Å². The molecule has 0 bridgehead atoms. The summed E-state index contributed by atoms with van der Waals surface area (Å²) >= 11 is 0. The highest BCUT2D eigenvalue weighted by Crippen LogP contribution is 1.92. The van der Waals surface area contributed by atoms with Crippen molar-refractivity contribution < 1.29 is 5.11 Å². The first-order chi connectivity index (χ1) is 4.43. The van der Waals surface area contributed by atoms with Crippen LogP contribution in [-0.4, -0.2) is 11.7 Å². The van der Waals surface area contributed by atoms with Gasteiger partial charge in [0.15, 0.2) is 0 Å². The second kappa shape index (κ2) is 3.10. The van der Waals surface area contributed by atoms with Gasteiger partial charge in [0.1, 0.15) is 0 Å². The molecule has 1 aliphatic heterocycles. The fourth-order valence-corrected chi connectivity index (χ4v) is 0.593. The van der Waals surface area contributed by atoms with Crippen LogP contribution >= 0.6 is 0 Å². The van der Waals surface area contributed by atoms with Crippen LogP contribution in [0.4, 0.5) is 0 Å². The van der Waals surface area contributed by atoms with E-state index in [1.54, 1.807) is 6.20 Å². The smallest absolute Gasteiger partial charge is 0.0830 e. The van der Waals surface area contributed by atoms with Crippen molar-refractivity contribution in [2.45, 2.75) is 0 Å². The van der Waals surface area contributed by atoms with Gasteiger partial charge < -0.3 is 10.4 Å². The third-order valence-corrected chi connectivity index (χ3v) is 1.05. The van der Waals surface area contributed by atoms with E-state index in [-0.39, 0.29) is 6.61 Å². The van der Waals surface area contributed by atoms with Crippen LogP contribution < -0.4 is 5.32 Å². The molecule has 9 heavy (non-hydrogen) atoms. The Labute approximate surface area is 54.2 Å². The van der Waals surface area contributed by atoms with Crippen molar-refractivity contribution in [3.63, 3.8) is 0 Å². The molecule has 0 saturated heterocycles. The predicted molar refractivity (Wildman–Crippen MR) is 36.6 cm³/mol. The molecule has 2 N–H and O–H groups in total. The van der Waals surface area contributed by atoms with E-state index in [9.17, 15) is 0 Å². The molecule has 0 atom stereocenters. The molecule has 0 radical (unpaired) electrons. The maximum Gasteiger partial charge on any atom is 0.0830 e. The van der Waals surface area contributed by atoms with Crippen molar-refractivity contribution in [3.8, 4) is 0 Å². The maximum absolute atomic E-state index is 8.62. The van der Waals surface area contributed by atoms with Gasteiger partial charge >= 0.3 is 0 Å². The molecule has 0 unspecified atom stereocenters. The third-order valence-electron chi connectivity index (χ3n) is 1.05. The number of aliphatic hydroxyl groups excluding tert-OH is 1. The highest BCUT2D eigenvalue weighted by atomic mass is 16.3. The third kappa shape index (κ3) is 1.74. The van der Waals surface area contributed by atoms with Crippen LogP contribution in [0.3, 0.4) is 0 Å². The van der Waals surface area contributed by atoms with Crippen molar-refractivity contribution in [2.24, 2.45) is 0 Å². The van der Waals surface area contributed by atoms with Crippen LogP contribution in [0.25, 0.3) is 0 Å². The monoisotopic (exact) mass is 123 g/mol. The van der Waals surface area contributed by atoms with E-state index < -0.39 is 0 Å². The SMILES string of the molecule is OCC1=CC=CC=CN1. The normalized spacial score (nSPS) is 16.3. The van der Waals surface area contributed by atoms with Gasteiger partial charge in [-0.05, 0) is 12.2 Å². The second-order valence-corrected chi connectivity index (χ2v) is 1.74. The lowest BCUT2D eigenvalue weighted by Crippen LogP contribution is -2.07. The van der Waals surface area contributed by atoms with Gasteiger partial charge in [0.05, 0.1) is 6.61 Å². The minimum atomic E-state index is 0.0642. The quantitative estimate of drug-likeness (QED) is 0.533. The maximum atomic E-state index is 8.62. The van der Waals surface area contributed by atoms with E-state index in [4.69, 9.17) is 5.11 Å². The molecule has 0 aromatic rings. The molecule has 0 fully saturated rings. The Balaban J connectivity index is 2.62. The van der Waals surface area contributed by atoms with Gasteiger partial charge in [0.2, 0.25) is 0 Å². The fraction of sp³-hybridized carbons (Fsp3) is 0.143. The molecule has 0 aromatic carbocycles. The van der Waals surface area contributed by atoms with Crippen molar-refractivity contribution >= 4 is 0 Å². The first-order valence-electron chi connectivity index (χ1n) is 2.83. The summed E-state index contributed by atoms with van der Waals surface area (Å²) < 4.78 is 0. The highest BCUT2D eigenvalue weighted by Gasteiger charge is 1.88. The molecule has 0 aromatic heterocycles. The van der Waals surface area contributed by atoms with E-state index in [1.807, 2.05) is 24.3 Å². The Kier molecular flexibility index (Phi) is 2.10. The second-order valence-electron chi connectivity index (χ2n) is 1.74.